The average Bonchev–Trinajstić information content (AvgIpc) is 2.73. The predicted molar refractivity (Wildman–Crippen MR) is 119 cm³/mol. The summed E-state index contributed by atoms with van der Waals surface area (Å²) in [6.07, 6.45) is 7.62. The lowest BCUT2D eigenvalue weighted by molar-refractivity contribution is 0.225. The molecular formula is C25H28ClNO. The number of nitrogens with one attached hydrogen (secondary N) is 1. The van der Waals surface area contributed by atoms with E-state index in [0.717, 1.165) is 12.2 Å². The highest BCUT2D eigenvalue weighted by atomic mass is 35.5. The Morgan fingerprint density at radius 3 is 2.61 bits per heavy atom. The smallest absolute Gasteiger partial charge is 0.120 e. The number of piperidine rings is 1. The van der Waals surface area contributed by atoms with Gasteiger partial charge in [-0.2, -0.15) is 0 Å². The van der Waals surface area contributed by atoms with Gasteiger partial charge in [0.2, 0.25) is 0 Å². The van der Waals surface area contributed by atoms with Gasteiger partial charge >= 0.3 is 0 Å². The number of halogens is 1. The number of benzene rings is 3. The summed E-state index contributed by atoms with van der Waals surface area (Å²) in [5, 5.41) is 6.37. The van der Waals surface area contributed by atoms with Crippen LogP contribution >= 0.6 is 12.4 Å². The van der Waals surface area contributed by atoms with E-state index in [1.165, 1.54) is 66.1 Å². The highest BCUT2D eigenvalue weighted by Crippen LogP contribution is 2.35. The fourth-order valence-electron chi connectivity index (χ4n) is 4.81. The van der Waals surface area contributed by atoms with E-state index in [4.69, 9.17) is 4.74 Å². The van der Waals surface area contributed by atoms with Crippen LogP contribution in [0.1, 0.15) is 42.4 Å². The molecule has 0 saturated carbocycles. The third-order valence-corrected chi connectivity index (χ3v) is 6.38. The molecule has 1 saturated heterocycles. The molecule has 0 bridgehead atoms. The second kappa shape index (κ2) is 8.14. The Labute approximate surface area is 173 Å². The zero-order chi connectivity index (χ0) is 18.1. The first-order valence-corrected chi connectivity index (χ1v) is 10.3. The number of hydrogen-bond donors (Lipinski definition) is 1. The van der Waals surface area contributed by atoms with E-state index in [0.29, 0.717) is 12.1 Å². The Kier molecular flexibility index (Phi) is 5.61. The van der Waals surface area contributed by atoms with Gasteiger partial charge in [-0.05, 0) is 84.3 Å². The Balaban J connectivity index is 0.00000192. The van der Waals surface area contributed by atoms with Crippen LogP contribution in [0.5, 0.6) is 5.75 Å². The van der Waals surface area contributed by atoms with Gasteiger partial charge in [0, 0.05) is 5.54 Å². The molecule has 0 amide bonds. The van der Waals surface area contributed by atoms with Crippen molar-refractivity contribution < 1.29 is 4.74 Å². The Bertz CT molecular complexity index is 962. The normalized spacial score (nSPS) is 21.1. The molecule has 3 aromatic rings. The van der Waals surface area contributed by atoms with Crippen molar-refractivity contribution in [1.82, 2.24) is 5.32 Å². The standard InChI is InChI=1S/C25H27NO.ClH/c1-2-6-21-15-19(7-8-20(21)5-1)18-27-24-10-9-23-17-25(12-3-4-14-26-25)13-11-22(23)16-24;/h1-2,5-10,15-16,26H,3-4,11-14,17-18H2;1H. The molecule has 1 heterocycles. The quantitative estimate of drug-likeness (QED) is 0.603. The average molecular weight is 394 g/mol. The van der Waals surface area contributed by atoms with Crippen LogP contribution in [0.2, 0.25) is 0 Å². The highest BCUT2D eigenvalue weighted by molar-refractivity contribution is 5.85. The van der Waals surface area contributed by atoms with E-state index in [2.05, 4.69) is 66.0 Å². The van der Waals surface area contributed by atoms with Crippen molar-refractivity contribution in [2.24, 2.45) is 0 Å². The van der Waals surface area contributed by atoms with Crippen molar-refractivity contribution in [2.45, 2.75) is 50.7 Å². The molecule has 2 aliphatic rings. The zero-order valence-electron chi connectivity index (χ0n) is 16.2. The van der Waals surface area contributed by atoms with Crippen LogP contribution in [-0.2, 0) is 19.4 Å². The summed E-state index contributed by atoms with van der Waals surface area (Å²) in [6, 6.07) is 21.8. The van der Waals surface area contributed by atoms with Crippen molar-refractivity contribution in [3.8, 4) is 5.75 Å². The maximum Gasteiger partial charge on any atom is 0.120 e. The van der Waals surface area contributed by atoms with Gasteiger partial charge in [0.05, 0.1) is 0 Å². The van der Waals surface area contributed by atoms with Crippen molar-refractivity contribution in [2.75, 3.05) is 6.54 Å². The van der Waals surface area contributed by atoms with E-state index in [1.54, 1.807) is 0 Å². The predicted octanol–water partition coefficient (Wildman–Crippen LogP) is 5.84. The van der Waals surface area contributed by atoms with Gasteiger partial charge in [-0.3, -0.25) is 0 Å². The summed E-state index contributed by atoms with van der Waals surface area (Å²) in [5.41, 5.74) is 4.56. The molecule has 0 radical (unpaired) electrons. The molecule has 28 heavy (non-hydrogen) atoms. The second-order valence-electron chi connectivity index (χ2n) is 8.24. The maximum absolute atomic E-state index is 6.13. The van der Waals surface area contributed by atoms with Crippen molar-refractivity contribution >= 4 is 23.2 Å². The fraction of sp³-hybridized carbons (Fsp3) is 0.360. The summed E-state index contributed by atoms with van der Waals surface area (Å²) in [7, 11) is 0. The van der Waals surface area contributed by atoms with Crippen LogP contribution in [0.15, 0.2) is 60.7 Å². The van der Waals surface area contributed by atoms with Crippen LogP contribution < -0.4 is 10.1 Å². The molecule has 1 aliphatic carbocycles. The molecule has 1 N–H and O–H groups in total. The maximum atomic E-state index is 6.13. The zero-order valence-corrected chi connectivity index (χ0v) is 17.1. The number of fused-ring (bicyclic) bond motifs is 2. The van der Waals surface area contributed by atoms with E-state index < -0.39 is 0 Å². The summed E-state index contributed by atoms with van der Waals surface area (Å²) in [6.45, 7) is 1.80. The van der Waals surface area contributed by atoms with Crippen molar-refractivity contribution in [3.05, 3.63) is 77.4 Å². The van der Waals surface area contributed by atoms with Crippen LogP contribution in [0.25, 0.3) is 10.8 Å². The number of rotatable bonds is 3. The highest BCUT2D eigenvalue weighted by Gasteiger charge is 2.35. The molecule has 1 fully saturated rings. The topological polar surface area (TPSA) is 21.3 Å². The van der Waals surface area contributed by atoms with Gasteiger partial charge in [0.25, 0.3) is 0 Å². The minimum Gasteiger partial charge on any atom is -0.489 e. The first-order chi connectivity index (χ1) is 13.3. The van der Waals surface area contributed by atoms with Crippen molar-refractivity contribution in [3.63, 3.8) is 0 Å². The minimum atomic E-state index is 0. The van der Waals surface area contributed by atoms with Gasteiger partial charge in [-0.15, -0.1) is 12.4 Å². The monoisotopic (exact) mass is 393 g/mol. The van der Waals surface area contributed by atoms with Gasteiger partial charge in [0.1, 0.15) is 12.4 Å². The van der Waals surface area contributed by atoms with Gasteiger partial charge < -0.3 is 10.1 Å². The molecular weight excluding hydrogens is 366 g/mol. The van der Waals surface area contributed by atoms with E-state index in [1.807, 2.05) is 0 Å². The number of hydrogen-bond acceptors (Lipinski definition) is 2. The van der Waals surface area contributed by atoms with Gasteiger partial charge in [-0.1, -0.05) is 48.9 Å². The minimum absolute atomic E-state index is 0. The van der Waals surface area contributed by atoms with Gasteiger partial charge in [0.15, 0.2) is 0 Å². The molecule has 2 nitrogen and oxygen atoms in total. The lowest BCUT2D eigenvalue weighted by Crippen LogP contribution is -2.52. The van der Waals surface area contributed by atoms with E-state index >= 15 is 0 Å². The van der Waals surface area contributed by atoms with Crippen molar-refractivity contribution in [1.29, 1.82) is 0 Å². The molecule has 1 aliphatic heterocycles. The summed E-state index contributed by atoms with van der Waals surface area (Å²) >= 11 is 0. The van der Waals surface area contributed by atoms with Crippen LogP contribution in [0.4, 0.5) is 0 Å². The Hall–Kier alpha value is -2.03. The van der Waals surface area contributed by atoms with Gasteiger partial charge in [-0.25, -0.2) is 0 Å². The lowest BCUT2D eigenvalue weighted by atomic mass is 9.74. The molecule has 1 unspecified atom stereocenters. The molecule has 1 spiro atoms. The molecule has 146 valence electrons. The van der Waals surface area contributed by atoms with Crippen LogP contribution in [-0.4, -0.2) is 12.1 Å². The third kappa shape index (κ3) is 3.90. The summed E-state index contributed by atoms with van der Waals surface area (Å²) in [5.74, 6) is 0.995. The molecule has 1 atom stereocenters. The molecule has 5 rings (SSSR count). The second-order valence-corrected chi connectivity index (χ2v) is 8.24. The summed E-state index contributed by atoms with van der Waals surface area (Å²) < 4.78 is 6.13. The van der Waals surface area contributed by atoms with Crippen LogP contribution in [0.3, 0.4) is 0 Å². The summed E-state index contributed by atoms with van der Waals surface area (Å²) in [4.78, 5) is 0. The molecule has 3 aromatic carbocycles. The molecule has 0 aromatic heterocycles. The largest absolute Gasteiger partial charge is 0.489 e. The lowest BCUT2D eigenvalue weighted by Gasteiger charge is -2.42. The van der Waals surface area contributed by atoms with Crippen LogP contribution in [0, 0.1) is 0 Å². The molecule has 3 heteroatoms. The Morgan fingerprint density at radius 2 is 1.75 bits per heavy atom. The Morgan fingerprint density at radius 1 is 0.857 bits per heavy atom. The third-order valence-electron chi connectivity index (χ3n) is 6.38. The SMILES string of the molecule is Cl.c1ccc2cc(COc3ccc4c(c3)CCC3(CCCCN3)C4)ccc2c1. The number of ether oxygens (including phenoxy) is 1. The number of aryl methyl sites for hydroxylation is 1. The van der Waals surface area contributed by atoms with E-state index in [-0.39, 0.29) is 12.4 Å². The first-order valence-electron chi connectivity index (χ1n) is 10.3. The first kappa shape index (κ1) is 19.3. The fourth-order valence-corrected chi connectivity index (χ4v) is 4.81. The van der Waals surface area contributed by atoms with E-state index in [9.17, 15) is 0 Å².